The zero-order chi connectivity index (χ0) is 16.3. The van der Waals surface area contributed by atoms with Gasteiger partial charge in [-0.05, 0) is 0 Å². The summed E-state index contributed by atoms with van der Waals surface area (Å²) in [6, 6.07) is 6.44. The summed E-state index contributed by atoms with van der Waals surface area (Å²) in [6.07, 6.45) is 0. The Balaban J connectivity index is 2.30. The Kier molecular flexibility index (Phi) is 5.34. The number of amides is 1. The third kappa shape index (κ3) is 3.94. The molecule has 0 saturated heterocycles. The first kappa shape index (κ1) is 16.7. The van der Waals surface area contributed by atoms with Crippen molar-refractivity contribution in [2.24, 2.45) is 0 Å². The first-order valence-corrected chi connectivity index (χ1v) is 7.79. The van der Waals surface area contributed by atoms with Crippen LogP contribution >= 0.6 is 0 Å². The number of rotatable bonds is 4. The second kappa shape index (κ2) is 7.05. The number of carbonyl (C=O) groups excluding carboxylic acids is 1. The molecule has 118 valence electrons. The van der Waals surface area contributed by atoms with Crippen LogP contribution in [0.25, 0.3) is 0 Å². The molecule has 2 rings (SSSR count). The molecule has 2 aromatic carbocycles. The topological polar surface area (TPSA) is 75.6 Å². The quantitative estimate of drug-likeness (QED) is 0.307. The molecule has 0 radical (unpaired) electrons. The number of carbonyl (C=O) groups is 1. The average Bonchev–Trinajstić information content (AvgIpc) is 2.44. The number of nitrogens with one attached hydrogen (secondary N) is 1. The molecule has 1 amide bonds. The summed E-state index contributed by atoms with van der Waals surface area (Å²) >= 11 is -1.81. The van der Waals surface area contributed by atoms with Crippen LogP contribution in [-0.4, -0.2) is 14.6 Å². The van der Waals surface area contributed by atoms with E-state index >= 15 is 0 Å². The van der Waals surface area contributed by atoms with Gasteiger partial charge in [0.05, 0.1) is 0 Å². The first-order valence-electron chi connectivity index (χ1n) is 5.74. The van der Waals surface area contributed by atoms with Gasteiger partial charge in [0.15, 0.2) is 0 Å². The van der Waals surface area contributed by atoms with Crippen molar-refractivity contribution in [3.05, 3.63) is 68.2 Å². The molecule has 0 saturated carbocycles. The molecule has 22 heavy (non-hydrogen) atoms. The van der Waals surface area contributed by atoms with Crippen LogP contribution in [0.15, 0.2) is 36.4 Å². The Morgan fingerprint density at radius 2 is 1.77 bits per heavy atom. The van der Waals surface area contributed by atoms with Gasteiger partial charge < -0.3 is 0 Å². The molecule has 0 aliphatic carbocycles. The van der Waals surface area contributed by atoms with E-state index in [0.717, 1.165) is 24.3 Å². The van der Waals surface area contributed by atoms with Crippen molar-refractivity contribution in [1.29, 1.82) is 0 Å². The van der Waals surface area contributed by atoms with E-state index in [4.69, 9.17) is 5.21 Å². The van der Waals surface area contributed by atoms with Crippen molar-refractivity contribution in [1.82, 2.24) is 3.44 Å². The van der Waals surface area contributed by atoms with E-state index in [9.17, 15) is 23.2 Å². The maximum absolute atomic E-state index is 14.1. The molecule has 0 unspecified atom stereocenters. The Hall–Kier alpha value is -1.69. The normalized spacial score (nSPS) is 11.0. The molecule has 2 N–H and O–H groups in total. The van der Waals surface area contributed by atoms with Crippen LogP contribution in [0.2, 0.25) is 0 Å². The van der Waals surface area contributed by atoms with Crippen molar-refractivity contribution >= 4 is 11.6 Å². The van der Waals surface area contributed by atoms with Crippen LogP contribution in [0.5, 0.6) is 0 Å². The fourth-order valence-electron chi connectivity index (χ4n) is 1.61. The fraction of sp³-hybridized carbons (Fsp3) is 0. The molecule has 0 fully saturated rings. The minimum atomic E-state index is -1.81. The van der Waals surface area contributed by atoms with Crippen molar-refractivity contribution in [3.8, 4) is 0 Å². The van der Waals surface area contributed by atoms with E-state index in [2.05, 4.69) is 5.32 Å². The number of halogens is 4. The molecule has 0 aromatic heterocycles. The van der Waals surface area contributed by atoms with Crippen LogP contribution < -0.4 is 26.8 Å². The second-order valence-corrected chi connectivity index (χ2v) is 6.46. The molecular formula is C13H8F3IN2O3-2. The summed E-state index contributed by atoms with van der Waals surface area (Å²) in [5.41, 5.74) is -0.721. The van der Waals surface area contributed by atoms with Crippen molar-refractivity contribution in [2.75, 3.05) is 5.32 Å². The molecule has 0 atom stereocenters. The Bertz CT molecular complexity index is 696. The molecule has 0 spiro atoms. The Labute approximate surface area is 133 Å². The molecule has 9 heteroatoms. The fourth-order valence-corrected chi connectivity index (χ4v) is 2.87. The van der Waals surface area contributed by atoms with E-state index in [0.29, 0.717) is 0 Å². The van der Waals surface area contributed by atoms with Crippen LogP contribution in [0.4, 0.5) is 18.9 Å². The number of hydrogen-bond donors (Lipinski definition) is 2. The van der Waals surface area contributed by atoms with Gasteiger partial charge in [0.1, 0.15) is 0 Å². The average molecular weight is 424 g/mol. The zero-order valence-corrected chi connectivity index (χ0v) is 12.8. The molecule has 2 aromatic rings. The zero-order valence-electron chi connectivity index (χ0n) is 10.7. The number of anilines is 1. The van der Waals surface area contributed by atoms with E-state index in [-0.39, 0.29) is 9.26 Å². The van der Waals surface area contributed by atoms with Gasteiger partial charge in [0.25, 0.3) is 0 Å². The van der Waals surface area contributed by atoms with E-state index < -0.39 is 53.8 Å². The molecule has 5 nitrogen and oxygen atoms in total. The van der Waals surface area contributed by atoms with Gasteiger partial charge in [-0.2, -0.15) is 0 Å². The van der Waals surface area contributed by atoms with Gasteiger partial charge >= 0.3 is 133 Å². The van der Waals surface area contributed by atoms with Crippen LogP contribution in [-0.2, 0) is 0 Å². The standard InChI is InChI=1S/C13H8F3IN2O3/c14-7-1-3-8(4-2-7)18-13(20)11-9(15)5-6-10(12(11)16)17-19(21)22/h1-6,21H,(H,18,20)/q-2. The molecule has 0 heterocycles. The number of nitrogens with zero attached hydrogens (tertiary/aromatic N) is 1. The first-order chi connectivity index (χ1) is 10.4. The SMILES string of the molecule is O=C(Nc1ccc(F)cc1)c1c(F)ccc([I-]N([O-])O)c1F. The summed E-state index contributed by atoms with van der Waals surface area (Å²) in [4.78, 5) is 12.0. The van der Waals surface area contributed by atoms with Gasteiger partial charge in [-0.1, -0.05) is 0 Å². The summed E-state index contributed by atoms with van der Waals surface area (Å²) in [6.45, 7) is 0. The second-order valence-electron chi connectivity index (χ2n) is 3.99. The molecule has 0 aliphatic heterocycles. The van der Waals surface area contributed by atoms with E-state index in [1.54, 1.807) is 0 Å². The number of hydrogen-bond acceptors (Lipinski definition) is 4. The predicted molar refractivity (Wildman–Crippen MR) is 66.4 cm³/mol. The van der Waals surface area contributed by atoms with Crippen LogP contribution in [0, 0.1) is 26.2 Å². The molecule has 0 bridgehead atoms. The number of benzene rings is 2. The van der Waals surface area contributed by atoms with E-state index in [1.165, 1.54) is 12.1 Å². The molecule has 0 aliphatic rings. The summed E-state index contributed by atoms with van der Waals surface area (Å²) in [5, 5.41) is 21.4. The molecular weight excluding hydrogens is 416 g/mol. The third-order valence-corrected chi connectivity index (χ3v) is 4.30. The van der Waals surface area contributed by atoms with Crippen molar-refractivity contribution in [3.63, 3.8) is 0 Å². The monoisotopic (exact) mass is 424 g/mol. The van der Waals surface area contributed by atoms with Gasteiger partial charge in [0.2, 0.25) is 0 Å². The van der Waals surface area contributed by atoms with Crippen LogP contribution in [0.1, 0.15) is 10.4 Å². The van der Waals surface area contributed by atoms with E-state index in [1.807, 2.05) is 0 Å². The summed E-state index contributed by atoms with van der Waals surface area (Å²) in [5.74, 6) is -3.92. The maximum atomic E-state index is 14.1. The van der Waals surface area contributed by atoms with Crippen molar-refractivity contribution < 1.29 is 44.7 Å². The summed E-state index contributed by atoms with van der Waals surface area (Å²) < 4.78 is 39.9. The van der Waals surface area contributed by atoms with Crippen LogP contribution in [0.3, 0.4) is 0 Å². The van der Waals surface area contributed by atoms with Gasteiger partial charge in [-0.3, -0.25) is 0 Å². The Morgan fingerprint density at radius 3 is 2.36 bits per heavy atom. The summed E-state index contributed by atoms with van der Waals surface area (Å²) in [7, 11) is 0. The Morgan fingerprint density at radius 1 is 1.14 bits per heavy atom. The minimum absolute atomic E-state index is 0.151. The van der Waals surface area contributed by atoms with Gasteiger partial charge in [0, 0.05) is 0 Å². The predicted octanol–water partition coefficient (Wildman–Crippen LogP) is -0.281. The van der Waals surface area contributed by atoms with Gasteiger partial charge in [-0.15, -0.1) is 0 Å². The van der Waals surface area contributed by atoms with Crippen molar-refractivity contribution in [2.45, 2.75) is 0 Å². The third-order valence-electron chi connectivity index (χ3n) is 2.54. The van der Waals surface area contributed by atoms with Gasteiger partial charge in [-0.25, -0.2) is 0 Å².